The summed E-state index contributed by atoms with van der Waals surface area (Å²) in [5.41, 5.74) is 0. The minimum Gasteiger partial charge on any atom is -0.353 e. The molecule has 1 aromatic heterocycles. The first-order valence-electron chi connectivity index (χ1n) is 5.13. The molecule has 5 heteroatoms. The van der Waals surface area contributed by atoms with Crippen molar-refractivity contribution < 1.29 is 0 Å². The molecular weight excluding hydrogens is 230 g/mol. The van der Waals surface area contributed by atoms with Gasteiger partial charge in [0.15, 0.2) is 0 Å². The van der Waals surface area contributed by atoms with Gasteiger partial charge in [-0.25, -0.2) is 9.97 Å². The maximum Gasteiger partial charge on any atom is 0.134 e. The molecule has 1 aliphatic heterocycles. The lowest BCUT2D eigenvalue weighted by molar-refractivity contribution is 0.651. The van der Waals surface area contributed by atoms with E-state index in [-0.39, 0.29) is 0 Å². The summed E-state index contributed by atoms with van der Waals surface area (Å²) in [5.74, 6) is 3.39. The average Bonchev–Trinajstić information content (AvgIpc) is 2.72. The van der Waals surface area contributed by atoms with Gasteiger partial charge in [-0.05, 0) is 19.1 Å². The molecule has 0 amide bonds. The van der Waals surface area contributed by atoms with E-state index in [2.05, 4.69) is 21.8 Å². The molecule has 0 bridgehead atoms. The van der Waals surface area contributed by atoms with Crippen LogP contribution in [0.4, 0.5) is 5.82 Å². The fraction of sp³-hybridized carbons (Fsp3) is 0.600. The molecule has 0 aromatic carbocycles. The number of aromatic nitrogens is 2. The number of rotatable bonds is 3. The van der Waals surface area contributed by atoms with E-state index >= 15 is 0 Å². The van der Waals surface area contributed by atoms with Gasteiger partial charge in [0.25, 0.3) is 0 Å². The second-order valence-corrected chi connectivity index (χ2v) is 5.04. The topological polar surface area (TPSA) is 29.0 Å². The monoisotopic (exact) mass is 243 g/mol. The van der Waals surface area contributed by atoms with E-state index < -0.39 is 0 Å². The van der Waals surface area contributed by atoms with Crippen LogP contribution >= 0.6 is 23.4 Å². The van der Waals surface area contributed by atoms with Gasteiger partial charge in [0.1, 0.15) is 17.3 Å². The van der Waals surface area contributed by atoms with Crippen molar-refractivity contribution >= 4 is 29.2 Å². The number of nitrogens with zero attached hydrogens (tertiary/aromatic N) is 3. The lowest BCUT2D eigenvalue weighted by Crippen LogP contribution is -2.35. The van der Waals surface area contributed by atoms with Gasteiger partial charge in [-0.15, -0.1) is 0 Å². The van der Waals surface area contributed by atoms with E-state index in [0.29, 0.717) is 11.2 Å². The van der Waals surface area contributed by atoms with Gasteiger partial charge in [-0.2, -0.15) is 11.8 Å². The van der Waals surface area contributed by atoms with Crippen LogP contribution in [0, 0.1) is 0 Å². The van der Waals surface area contributed by atoms with Crippen molar-refractivity contribution in [2.75, 3.05) is 23.0 Å². The Morgan fingerprint density at radius 1 is 1.60 bits per heavy atom. The van der Waals surface area contributed by atoms with Crippen molar-refractivity contribution in [3.63, 3.8) is 0 Å². The lowest BCUT2D eigenvalue weighted by Gasteiger charge is -2.28. The Morgan fingerprint density at radius 2 is 2.47 bits per heavy atom. The van der Waals surface area contributed by atoms with Crippen LogP contribution in [0.5, 0.6) is 0 Å². The highest BCUT2D eigenvalue weighted by molar-refractivity contribution is 7.99. The number of halogens is 1. The number of hydrogen-bond acceptors (Lipinski definition) is 4. The highest BCUT2D eigenvalue weighted by Crippen LogP contribution is 2.26. The standard InChI is InChI=1S/C10H14ClN3S/c1-2-14(8-3-4-15-6-8)10-5-9(11)12-7-13-10/h5,7-8H,2-4,6H2,1H3/t8-/m1/s1. The van der Waals surface area contributed by atoms with Crippen LogP contribution in [0.3, 0.4) is 0 Å². The molecule has 0 aliphatic carbocycles. The normalized spacial score (nSPS) is 20.5. The summed E-state index contributed by atoms with van der Waals surface area (Å²) in [6.45, 7) is 3.12. The van der Waals surface area contributed by atoms with Crippen LogP contribution in [0.1, 0.15) is 13.3 Å². The van der Waals surface area contributed by atoms with Crippen LogP contribution in [0.2, 0.25) is 5.15 Å². The van der Waals surface area contributed by atoms with E-state index in [4.69, 9.17) is 11.6 Å². The van der Waals surface area contributed by atoms with Crippen molar-refractivity contribution in [1.82, 2.24) is 9.97 Å². The number of thioether (sulfide) groups is 1. The van der Waals surface area contributed by atoms with E-state index in [1.165, 1.54) is 24.3 Å². The zero-order chi connectivity index (χ0) is 10.7. The molecule has 1 atom stereocenters. The summed E-state index contributed by atoms with van der Waals surface area (Å²) in [4.78, 5) is 10.5. The fourth-order valence-corrected chi connectivity index (χ4v) is 3.22. The largest absolute Gasteiger partial charge is 0.353 e. The minimum absolute atomic E-state index is 0.518. The molecule has 1 fully saturated rings. The maximum absolute atomic E-state index is 5.87. The number of anilines is 1. The van der Waals surface area contributed by atoms with Gasteiger partial charge >= 0.3 is 0 Å². The van der Waals surface area contributed by atoms with E-state index in [1.54, 1.807) is 0 Å². The van der Waals surface area contributed by atoms with Gasteiger partial charge in [-0.3, -0.25) is 0 Å². The van der Waals surface area contributed by atoms with Crippen LogP contribution in [-0.2, 0) is 0 Å². The molecule has 0 spiro atoms. The molecular formula is C10H14ClN3S. The van der Waals surface area contributed by atoms with Crippen LogP contribution in [-0.4, -0.2) is 34.1 Å². The summed E-state index contributed by atoms with van der Waals surface area (Å²) >= 11 is 7.88. The molecule has 0 unspecified atom stereocenters. The Morgan fingerprint density at radius 3 is 3.07 bits per heavy atom. The smallest absolute Gasteiger partial charge is 0.134 e. The molecule has 1 aromatic rings. The Labute approximate surface area is 99.2 Å². The van der Waals surface area contributed by atoms with Crippen LogP contribution < -0.4 is 4.90 Å². The Kier molecular flexibility index (Phi) is 3.70. The summed E-state index contributed by atoms with van der Waals surface area (Å²) in [6.07, 6.45) is 2.77. The second-order valence-electron chi connectivity index (χ2n) is 3.50. The first-order valence-corrected chi connectivity index (χ1v) is 6.66. The predicted octanol–water partition coefficient (Wildman–Crippen LogP) is 2.46. The number of hydrogen-bond donors (Lipinski definition) is 0. The summed E-state index contributed by atoms with van der Waals surface area (Å²) < 4.78 is 0. The zero-order valence-corrected chi connectivity index (χ0v) is 10.3. The van der Waals surface area contributed by atoms with Gasteiger partial charge in [0.2, 0.25) is 0 Å². The molecule has 1 aliphatic rings. The Hall–Kier alpha value is -0.480. The van der Waals surface area contributed by atoms with E-state index in [9.17, 15) is 0 Å². The fourth-order valence-electron chi connectivity index (χ4n) is 1.86. The first-order chi connectivity index (χ1) is 7.31. The third kappa shape index (κ3) is 2.55. The average molecular weight is 244 g/mol. The van der Waals surface area contributed by atoms with Gasteiger partial charge in [0, 0.05) is 24.4 Å². The van der Waals surface area contributed by atoms with Gasteiger partial charge in [0.05, 0.1) is 0 Å². The lowest BCUT2D eigenvalue weighted by atomic mass is 10.2. The molecule has 0 saturated carbocycles. The van der Waals surface area contributed by atoms with E-state index in [1.807, 2.05) is 17.8 Å². The SMILES string of the molecule is CCN(c1cc(Cl)ncn1)[C@@H]1CCSC1. The molecule has 1 saturated heterocycles. The van der Waals surface area contributed by atoms with Crippen LogP contribution in [0.25, 0.3) is 0 Å². The predicted molar refractivity (Wildman–Crippen MR) is 65.8 cm³/mol. The van der Waals surface area contributed by atoms with Gasteiger partial charge < -0.3 is 4.90 Å². The summed E-state index contributed by atoms with van der Waals surface area (Å²) in [5, 5.41) is 0.518. The molecule has 2 rings (SSSR count). The van der Waals surface area contributed by atoms with Crippen LogP contribution in [0.15, 0.2) is 12.4 Å². The molecule has 3 nitrogen and oxygen atoms in total. The van der Waals surface area contributed by atoms with Crippen molar-refractivity contribution in [3.8, 4) is 0 Å². The van der Waals surface area contributed by atoms with Crippen molar-refractivity contribution in [2.45, 2.75) is 19.4 Å². The Bertz CT molecular complexity index is 328. The third-order valence-electron chi connectivity index (χ3n) is 2.60. The molecule has 82 valence electrons. The third-order valence-corrected chi connectivity index (χ3v) is 3.95. The maximum atomic E-state index is 5.87. The minimum atomic E-state index is 0.518. The quantitative estimate of drug-likeness (QED) is 0.763. The highest BCUT2D eigenvalue weighted by Gasteiger charge is 2.22. The summed E-state index contributed by atoms with van der Waals surface area (Å²) in [6, 6.07) is 2.44. The zero-order valence-electron chi connectivity index (χ0n) is 8.69. The van der Waals surface area contributed by atoms with Crippen molar-refractivity contribution in [3.05, 3.63) is 17.5 Å². The molecule has 0 radical (unpaired) electrons. The Balaban J connectivity index is 2.18. The highest BCUT2D eigenvalue weighted by atomic mass is 35.5. The first kappa shape index (κ1) is 11.0. The van der Waals surface area contributed by atoms with Gasteiger partial charge in [-0.1, -0.05) is 11.6 Å². The van der Waals surface area contributed by atoms with E-state index in [0.717, 1.165) is 12.4 Å². The molecule has 0 N–H and O–H groups in total. The summed E-state index contributed by atoms with van der Waals surface area (Å²) in [7, 11) is 0. The molecule has 2 heterocycles. The second kappa shape index (κ2) is 5.03. The molecule has 15 heavy (non-hydrogen) atoms. The van der Waals surface area contributed by atoms with Crippen molar-refractivity contribution in [2.24, 2.45) is 0 Å². The van der Waals surface area contributed by atoms with Crippen molar-refractivity contribution in [1.29, 1.82) is 0 Å².